The van der Waals surface area contributed by atoms with Crippen LogP contribution in [0.2, 0.25) is 0 Å². The van der Waals surface area contributed by atoms with Crippen molar-refractivity contribution in [3.63, 3.8) is 0 Å². The summed E-state index contributed by atoms with van der Waals surface area (Å²) >= 11 is 0. The Balaban J connectivity index is 2.19. The summed E-state index contributed by atoms with van der Waals surface area (Å²) in [5.41, 5.74) is 2.90. The molecule has 0 saturated carbocycles. The van der Waals surface area contributed by atoms with Crippen LogP contribution in [-0.2, 0) is 6.42 Å². The lowest BCUT2D eigenvalue weighted by Crippen LogP contribution is -2.34. The van der Waals surface area contributed by atoms with E-state index < -0.39 is 0 Å². The molecule has 1 atom stereocenters. The van der Waals surface area contributed by atoms with E-state index in [4.69, 9.17) is 0 Å². The van der Waals surface area contributed by atoms with Gasteiger partial charge in [0.25, 0.3) is 0 Å². The second-order valence-electron chi connectivity index (χ2n) is 3.39. The van der Waals surface area contributed by atoms with Gasteiger partial charge in [-0.25, -0.2) is 0 Å². The fourth-order valence-corrected chi connectivity index (χ4v) is 1.60. The van der Waals surface area contributed by atoms with Gasteiger partial charge in [-0.15, -0.1) is 0 Å². The highest BCUT2D eigenvalue weighted by atomic mass is 15.0. The van der Waals surface area contributed by atoms with Gasteiger partial charge in [0.1, 0.15) is 0 Å². The molecule has 0 unspecified atom stereocenters. The Hall–Kier alpha value is -0.820. The molecule has 1 aliphatic heterocycles. The average molecular weight is 161 g/mol. The number of benzene rings is 1. The van der Waals surface area contributed by atoms with Gasteiger partial charge < -0.3 is 5.32 Å². The van der Waals surface area contributed by atoms with Crippen LogP contribution in [0, 0.1) is 0 Å². The minimum atomic E-state index is 0.636. The molecule has 1 nitrogen and oxygen atoms in total. The van der Waals surface area contributed by atoms with Crippen molar-refractivity contribution in [2.75, 3.05) is 6.54 Å². The second kappa shape index (κ2) is 3.28. The van der Waals surface area contributed by atoms with Gasteiger partial charge in [-0.2, -0.15) is 0 Å². The number of hydrogen-bond donors (Lipinski definition) is 1. The van der Waals surface area contributed by atoms with Crippen LogP contribution < -0.4 is 5.32 Å². The van der Waals surface area contributed by atoms with E-state index in [1.165, 1.54) is 24.1 Å². The lowest BCUT2D eigenvalue weighted by molar-refractivity contribution is 0.383. The predicted octanol–water partition coefficient (Wildman–Crippen LogP) is 2.28. The normalized spacial score (nSPS) is 21.9. The van der Waals surface area contributed by atoms with Crippen molar-refractivity contribution in [1.82, 2.24) is 5.32 Å². The van der Waals surface area contributed by atoms with Crippen LogP contribution in [0.25, 0.3) is 0 Å². The summed E-state index contributed by atoms with van der Waals surface area (Å²) in [4.78, 5) is 0. The highest BCUT2D eigenvalue weighted by Crippen LogP contribution is 2.23. The Morgan fingerprint density at radius 2 is 2.33 bits per heavy atom. The fraction of sp³-hybridized carbons (Fsp3) is 0.455. The minimum absolute atomic E-state index is 0.636. The third kappa shape index (κ3) is 1.37. The maximum Gasteiger partial charge on any atom is 0.0332 e. The lowest BCUT2D eigenvalue weighted by atomic mass is 9.96. The van der Waals surface area contributed by atoms with Crippen LogP contribution in [0.15, 0.2) is 24.3 Å². The van der Waals surface area contributed by atoms with E-state index in [0.717, 1.165) is 6.42 Å². The van der Waals surface area contributed by atoms with Crippen LogP contribution >= 0.6 is 0 Å². The predicted molar refractivity (Wildman–Crippen MR) is 51.2 cm³/mol. The van der Waals surface area contributed by atoms with Crippen LogP contribution in [0.5, 0.6) is 0 Å². The van der Waals surface area contributed by atoms with Crippen molar-refractivity contribution in [2.45, 2.75) is 25.8 Å². The van der Waals surface area contributed by atoms with E-state index >= 15 is 0 Å². The molecule has 1 saturated heterocycles. The zero-order chi connectivity index (χ0) is 8.39. The van der Waals surface area contributed by atoms with Gasteiger partial charge in [0.2, 0.25) is 0 Å². The van der Waals surface area contributed by atoms with Crippen molar-refractivity contribution in [3.05, 3.63) is 35.4 Å². The largest absolute Gasteiger partial charge is 0.310 e. The number of hydrogen-bond acceptors (Lipinski definition) is 1. The van der Waals surface area contributed by atoms with Crippen LogP contribution in [0.3, 0.4) is 0 Å². The van der Waals surface area contributed by atoms with E-state index in [-0.39, 0.29) is 0 Å². The molecular weight excluding hydrogens is 146 g/mol. The molecule has 12 heavy (non-hydrogen) atoms. The zero-order valence-corrected chi connectivity index (χ0v) is 7.51. The maximum atomic E-state index is 3.41. The van der Waals surface area contributed by atoms with E-state index in [9.17, 15) is 0 Å². The first-order valence-electron chi connectivity index (χ1n) is 4.72. The van der Waals surface area contributed by atoms with Crippen molar-refractivity contribution < 1.29 is 0 Å². The molecule has 64 valence electrons. The smallest absolute Gasteiger partial charge is 0.0332 e. The standard InChI is InChI=1S/C11H15N/c1-2-9-4-3-5-10(8-9)11-6-7-12-11/h3-5,8,11-12H,2,6-7H2,1H3/t11-/m1/s1. The van der Waals surface area contributed by atoms with Crippen LogP contribution in [-0.4, -0.2) is 6.54 Å². The molecule has 0 aliphatic carbocycles. The highest BCUT2D eigenvalue weighted by molar-refractivity contribution is 5.27. The van der Waals surface area contributed by atoms with Gasteiger partial charge in [-0.05, 0) is 30.5 Å². The zero-order valence-electron chi connectivity index (χ0n) is 7.51. The first-order chi connectivity index (χ1) is 5.90. The summed E-state index contributed by atoms with van der Waals surface area (Å²) in [5, 5.41) is 3.41. The van der Waals surface area contributed by atoms with Gasteiger partial charge in [0.15, 0.2) is 0 Å². The molecule has 1 heterocycles. The molecule has 1 N–H and O–H groups in total. The molecule has 0 spiro atoms. The third-order valence-corrected chi connectivity index (χ3v) is 2.59. The van der Waals surface area contributed by atoms with Gasteiger partial charge in [-0.1, -0.05) is 31.2 Å². The molecule has 1 heteroatoms. The monoisotopic (exact) mass is 161 g/mol. The molecule has 0 amide bonds. The van der Waals surface area contributed by atoms with Crippen molar-refractivity contribution in [3.8, 4) is 0 Å². The Morgan fingerprint density at radius 3 is 2.92 bits per heavy atom. The molecule has 0 bridgehead atoms. The van der Waals surface area contributed by atoms with Gasteiger partial charge >= 0.3 is 0 Å². The Bertz CT molecular complexity index is 263. The summed E-state index contributed by atoms with van der Waals surface area (Å²) in [6.45, 7) is 3.38. The average Bonchev–Trinajstić information content (AvgIpc) is 2.02. The maximum absolute atomic E-state index is 3.41. The third-order valence-electron chi connectivity index (χ3n) is 2.59. The molecule has 1 fully saturated rings. The lowest BCUT2D eigenvalue weighted by Gasteiger charge is -2.28. The minimum Gasteiger partial charge on any atom is -0.310 e. The molecule has 2 rings (SSSR count). The van der Waals surface area contributed by atoms with Gasteiger partial charge in [0.05, 0.1) is 0 Å². The molecule has 1 aliphatic rings. The number of aryl methyl sites for hydroxylation is 1. The Kier molecular flexibility index (Phi) is 2.13. The van der Waals surface area contributed by atoms with E-state index in [0.29, 0.717) is 6.04 Å². The topological polar surface area (TPSA) is 12.0 Å². The van der Waals surface area contributed by atoms with E-state index in [2.05, 4.69) is 36.5 Å². The first-order valence-corrected chi connectivity index (χ1v) is 4.72. The van der Waals surface area contributed by atoms with E-state index in [1.807, 2.05) is 0 Å². The quantitative estimate of drug-likeness (QED) is 0.701. The molecule has 1 aromatic rings. The van der Waals surface area contributed by atoms with Crippen LogP contribution in [0.1, 0.15) is 30.5 Å². The summed E-state index contributed by atoms with van der Waals surface area (Å²) in [6.07, 6.45) is 2.44. The second-order valence-corrected chi connectivity index (χ2v) is 3.39. The van der Waals surface area contributed by atoms with Crippen LogP contribution in [0.4, 0.5) is 0 Å². The number of rotatable bonds is 2. The Labute approximate surface area is 73.8 Å². The Morgan fingerprint density at radius 1 is 1.50 bits per heavy atom. The SMILES string of the molecule is CCc1cccc([C@H]2CCN2)c1. The summed E-state index contributed by atoms with van der Waals surface area (Å²) in [5.74, 6) is 0. The van der Waals surface area contributed by atoms with Gasteiger partial charge in [0, 0.05) is 6.04 Å². The van der Waals surface area contributed by atoms with Crippen molar-refractivity contribution in [2.24, 2.45) is 0 Å². The highest BCUT2D eigenvalue weighted by Gasteiger charge is 2.17. The molecule has 0 radical (unpaired) electrons. The van der Waals surface area contributed by atoms with Crippen molar-refractivity contribution in [1.29, 1.82) is 0 Å². The van der Waals surface area contributed by atoms with Gasteiger partial charge in [-0.3, -0.25) is 0 Å². The summed E-state index contributed by atoms with van der Waals surface area (Å²) in [7, 11) is 0. The molecular formula is C11H15N. The van der Waals surface area contributed by atoms with Crippen molar-refractivity contribution >= 4 is 0 Å². The molecule has 1 aromatic carbocycles. The molecule has 0 aromatic heterocycles. The summed E-state index contributed by atoms with van der Waals surface area (Å²) < 4.78 is 0. The fourth-order valence-electron chi connectivity index (χ4n) is 1.60. The van der Waals surface area contributed by atoms with E-state index in [1.54, 1.807) is 0 Å². The first kappa shape index (κ1) is 7.81. The summed E-state index contributed by atoms with van der Waals surface area (Å²) in [6, 6.07) is 9.53. The number of nitrogens with one attached hydrogen (secondary N) is 1.